The second-order valence-corrected chi connectivity index (χ2v) is 13.7. The first-order valence-electron chi connectivity index (χ1n) is 16.3. The second-order valence-electron chi connectivity index (χ2n) is 13.7. The Morgan fingerprint density at radius 1 is 0.550 bits per heavy atom. The lowest BCUT2D eigenvalue weighted by atomic mass is 9.88. The predicted octanol–water partition coefficient (Wildman–Crippen LogP) is 4.75. The van der Waals surface area contributed by atoms with E-state index in [9.17, 15) is 0 Å². The number of carbonyl (C=O) groups is 1. The topological polar surface area (TPSA) is 30.0 Å². The molecule has 0 amide bonds. The number of rotatable bonds is 8. The van der Waals surface area contributed by atoms with Crippen LogP contribution in [-0.4, -0.2) is 101 Å². The summed E-state index contributed by atoms with van der Waals surface area (Å²) in [5, 5.41) is 0. The zero-order valence-corrected chi connectivity index (χ0v) is 24.1. The van der Waals surface area contributed by atoms with Gasteiger partial charge in [-0.1, -0.05) is 73.5 Å². The number of hydrogen-bond acceptors (Lipinski definition) is 5. The molecule has 6 aliphatic rings. The van der Waals surface area contributed by atoms with Gasteiger partial charge in [-0.15, -0.1) is 0 Å². The third-order valence-electron chi connectivity index (χ3n) is 12.0. The summed E-state index contributed by atoms with van der Waals surface area (Å²) in [4.78, 5) is 26.2. The maximum Gasteiger partial charge on any atom is 0.174 e. The quantitative estimate of drug-likeness (QED) is 0.484. The van der Waals surface area contributed by atoms with Gasteiger partial charge in [0.05, 0.1) is 11.1 Å². The van der Waals surface area contributed by atoms with Crippen LogP contribution in [0.15, 0.2) is 60.7 Å². The van der Waals surface area contributed by atoms with Crippen LogP contribution in [0.1, 0.15) is 74.3 Å². The van der Waals surface area contributed by atoms with E-state index in [-0.39, 0.29) is 11.1 Å². The first-order valence-corrected chi connectivity index (χ1v) is 16.3. The van der Waals surface area contributed by atoms with Gasteiger partial charge in [0.1, 0.15) is 0 Å². The fourth-order valence-corrected chi connectivity index (χ4v) is 9.00. The highest BCUT2D eigenvalue weighted by atomic mass is 16.1. The molecule has 4 atom stereocenters. The highest BCUT2D eigenvalue weighted by Crippen LogP contribution is 2.65. The van der Waals surface area contributed by atoms with E-state index in [2.05, 4.69) is 80.3 Å². The minimum Gasteiger partial charge on any atom is -0.298 e. The Hall–Kier alpha value is -2.05. The molecule has 0 spiro atoms. The number of Topliss-reactive ketones (excluding diaryl/α,β-unsaturated/α-hetero) is 1. The molecular formula is C35H46N4O. The van der Waals surface area contributed by atoms with E-state index in [1.165, 1.54) is 49.7 Å². The summed E-state index contributed by atoms with van der Waals surface area (Å²) in [5.74, 6) is 1.19. The fraction of sp³-hybridized carbons (Fsp3) is 0.629. The summed E-state index contributed by atoms with van der Waals surface area (Å²) in [6.45, 7) is 8.62. The summed E-state index contributed by atoms with van der Waals surface area (Å²) in [6.07, 6.45) is 10.2. The standard InChI is InChI=1S/C35H46N4O/c40-33(34(25-31(34)27-9-3-1-4-10-27)38-21-17-36(18-22-38)29-13-7-14-29)35(26-32(35)28-11-5-2-6-12-28)39-23-19-37(20-24-39)30-15-8-16-30/h1-6,9-12,29-32H,7-8,13-26H2. The maximum atomic E-state index is 15.4. The first kappa shape index (κ1) is 25.6. The van der Waals surface area contributed by atoms with Crippen LogP contribution < -0.4 is 0 Å². The lowest BCUT2D eigenvalue weighted by Crippen LogP contribution is -2.63. The molecule has 2 aliphatic heterocycles. The van der Waals surface area contributed by atoms with Crippen molar-refractivity contribution < 1.29 is 4.79 Å². The smallest absolute Gasteiger partial charge is 0.174 e. The molecule has 5 nitrogen and oxygen atoms in total. The molecule has 2 aromatic rings. The van der Waals surface area contributed by atoms with Crippen LogP contribution in [0, 0.1) is 0 Å². The number of nitrogens with zero attached hydrogens (tertiary/aromatic N) is 4. The molecule has 5 heteroatoms. The van der Waals surface area contributed by atoms with Crippen molar-refractivity contribution in [2.75, 3.05) is 52.4 Å². The van der Waals surface area contributed by atoms with E-state index in [0.29, 0.717) is 17.6 Å². The molecule has 4 aliphatic carbocycles. The van der Waals surface area contributed by atoms with Crippen molar-refractivity contribution in [2.45, 2.75) is 86.4 Å². The molecular weight excluding hydrogens is 492 g/mol. The highest BCUT2D eigenvalue weighted by Gasteiger charge is 2.75. The van der Waals surface area contributed by atoms with Crippen LogP contribution in [0.4, 0.5) is 0 Å². The summed E-state index contributed by atoms with van der Waals surface area (Å²) >= 11 is 0. The molecule has 2 aromatic carbocycles. The van der Waals surface area contributed by atoms with Crippen LogP contribution >= 0.6 is 0 Å². The molecule has 0 N–H and O–H groups in total. The van der Waals surface area contributed by atoms with E-state index >= 15 is 4.79 Å². The number of carbonyl (C=O) groups excluding carboxylic acids is 1. The number of piperazine rings is 2. The molecule has 4 unspecified atom stereocenters. The van der Waals surface area contributed by atoms with E-state index in [4.69, 9.17) is 0 Å². The molecule has 8 rings (SSSR count). The minimum atomic E-state index is -0.346. The van der Waals surface area contributed by atoms with Gasteiger partial charge in [-0.2, -0.15) is 0 Å². The van der Waals surface area contributed by atoms with Gasteiger partial charge < -0.3 is 0 Å². The molecule has 0 bridgehead atoms. The van der Waals surface area contributed by atoms with E-state index < -0.39 is 0 Å². The van der Waals surface area contributed by atoms with Crippen molar-refractivity contribution in [3.63, 3.8) is 0 Å². The van der Waals surface area contributed by atoms with Gasteiger partial charge in [0, 0.05) is 76.3 Å². The average molecular weight is 539 g/mol. The molecule has 40 heavy (non-hydrogen) atoms. The number of hydrogen-bond donors (Lipinski definition) is 0. The van der Waals surface area contributed by atoms with Gasteiger partial charge in [0.2, 0.25) is 0 Å². The number of benzene rings is 2. The molecule has 2 heterocycles. The predicted molar refractivity (Wildman–Crippen MR) is 160 cm³/mol. The third kappa shape index (κ3) is 4.06. The summed E-state index contributed by atoms with van der Waals surface area (Å²) in [5.41, 5.74) is 2.03. The Labute approximate surface area is 240 Å². The molecule has 2 saturated heterocycles. The van der Waals surface area contributed by atoms with Crippen LogP contribution in [0.5, 0.6) is 0 Å². The Kier molecular flexibility index (Phi) is 6.44. The molecule has 6 fully saturated rings. The summed E-state index contributed by atoms with van der Waals surface area (Å²) in [7, 11) is 0. The largest absolute Gasteiger partial charge is 0.298 e. The van der Waals surface area contributed by atoms with Crippen molar-refractivity contribution in [1.29, 1.82) is 0 Å². The van der Waals surface area contributed by atoms with Crippen LogP contribution in [0.25, 0.3) is 0 Å². The maximum absolute atomic E-state index is 15.4. The second kappa shape index (κ2) is 10.0. The zero-order chi connectivity index (χ0) is 26.7. The number of ketones is 1. The minimum absolute atomic E-state index is 0.321. The van der Waals surface area contributed by atoms with Gasteiger partial charge >= 0.3 is 0 Å². The highest BCUT2D eigenvalue weighted by molar-refractivity contribution is 6.04. The lowest BCUT2D eigenvalue weighted by Gasteiger charge is -2.48. The third-order valence-corrected chi connectivity index (χ3v) is 12.0. The zero-order valence-electron chi connectivity index (χ0n) is 24.1. The van der Waals surface area contributed by atoms with E-state index in [1.54, 1.807) is 0 Å². The van der Waals surface area contributed by atoms with Gasteiger partial charge in [-0.05, 0) is 49.7 Å². The van der Waals surface area contributed by atoms with Gasteiger partial charge in [-0.3, -0.25) is 24.4 Å². The van der Waals surface area contributed by atoms with Gasteiger partial charge in [-0.25, -0.2) is 0 Å². The fourth-order valence-electron chi connectivity index (χ4n) is 9.00. The Balaban J connectivity index is 1.11. The molecule has 212 valence electrons. The summed E-state index contributed by atoms with van der Waals surface area (Å²) < 4.78 is 0. The molecule has 4 saturated carbocycles. The van der Waals surface area contributed by atoms with Crippen molar-refractivity contribution in [3.05, 3.63) is 71.8 Å². The lowest BCUT2D eigenvalue weighted by molar-refractivity contribution is -0.136. The van der Waals surface area contributed by atoms with Crippen molar-refractivity contribution in [2.24, 2.45) is 0 Å². The SMILES string of the molecule is O=C(C1(N2CCN(C3CCC3)CC2)CC1c1ccccc1)C1(N2CCN(C3CCC3)CC2)CC1c1ccccc1. The van der Waals surface area contributed by atoms with Gasteiger partial charge in [0.15, 0.2) is 5.78 Å². The normalized spacial score (nSPS) is 36.1. The van der Waals surface area contributed by atoms with E-state index in [1.807, 2.05) is 0 Å². The van der Waals surface area contributed by atoms with Crippen molar-refractivity contribution in [3.8, 4) is 0 Å². The van der Waals surface area contributed by atoms with Crippen LogP contribution in [0.2, 0.25) is 0 Å². The van der Waals surface area contributed by atoms with E-state index in [0.717, 1.165) is 77.3 Å². The Morgan fingerprint density at radius 2 is 0.925 bits per heavy atom. The molecule has 0 radical (unpaired) electrons. The van der Waals surface area contributed by atoms with Crippen LogP contribution in [0.3, 0.4) is 0 Å². The molecule has 0 aromatic heterocycles. The van der Waals surface area contributed by atoms with Gasteiger partial charge in [0.25, 0.3) is 0 Å². The monoisotopic (exact) mass is 538 g/mol. The summed E-state index contributed by atoms with van der Waals surface area (Å²) in [6, 6.07) is 23.6. The Morgan fingerprint density at radius 3 is 1.25 bits per heavy atom. The first-order chi connectivity index (χ1) is 19.7. The van der Waals surface area contributed by atoms with Crippen molar-refractivity contribution in [1.82, 2.24) is 19.6 Å². The van der Waals surface area contributed by atoms with Crippen LogP contribution in [-0.2, 0) is 4.79 Å². The average Bonchev–Trinajstić information content (AvgIpc) is 3.87. The Bertz CT molecular complexity index is 1100. The van der Waals surface area contributed by atoms with Crippen molar-refractivity contribution >= 4 is 5.78 Å².